The molecule has 0 saturated heterocycles. The Bertz CT molecular complexity index is 979. The Morgan fingerprint density at radius 1 is 1.00 bits per heavy atom. The van der Waals surface area contributed by atoms with Gasteiger partial charge in [-0.2, -0.15) is 17.0 Å². The minimum atomic E-state index is -1.03. The van der Waals surface area contributed by atoms with Crippen molar-refractivity contribution in [1.29, 1.82) is 5.26 Å². The second-order valence-electron chi connectivity index (χ2n) is 8.22. The molecule has 0 aliphatic carbocycles. The van der Waals surface area contributed by atoms with Gasteiger partial charge in [-0.25, -0.2) is 0 Å². The van der Waals surface area contributed by atoms with Crippen LogP contribution in [0.1, 0.15) is 48.7 Å². The van der Waals surface area contributed by atoms with E-state index < -0.39 is 35.8 Å². The van der Waals surface area contributed by atoms with Gasteiger partial charge in [0.15, 0.2) is 0 Å². The fourth-order valence-corrected chi connectivity index (χ4v) is 3.77. The van der Waals surface area contributed by atoms with Gasteiger partial charge in [0.2, 0.25) is 11.8 Å². The Kier molecular flexibility index (Phi) is 11.1. The lowest BCUT2D eigenvalue weighted by atomic mass is 10.0. The van der Waals surface area contributed by atoms with Gasteiger partial charge in [0.1, 0.15) is 18.1 Å². The predicted octanol–water partition coefficient (Wildman–Crippen LogP) is 2.85. The van der Waals surface area contributed by atoms with Crippen molar-refractivity contribution in [2.24, 2.45) is 5.92 Å². The van der Waals surface area contributed by atoms with Crippen LogP contribution in [0.25, 0.3) is 0 Å². The number of pyridine rings is 1. The van der Waals surface area contributed by atoms with Gasteiger partial charge in [-0.05, 0) is 60.6 Å². The summed E-state index contributed by atoms with van der Waals surface area (Å²) in [7, 11) is 0. The molecule has 1 aromatic carbocycles. The van der Waals surface area contributed by atoms with Crippen molar-refractivity contribution in [1.82, 2.24) is 20.9 Å². The molecule has 0 spiro atoms. The zero-order chi connectivity index (χ0) is 24.9. The van der Waals surface area contributed by atoms with Crippen LogP contribution >= 0.6 is 11.8 Å². The van der Waals surface area contributed by atoms with Crippen LogP contribution in [0.15, 0.2) is 54.9 Å². The second-order valence-corrected chi connectivity index (χ2v) is 9.20. The molecule has 2 rings (SSSR count). The zero-order valence-corrected chi connectivity index (χ0v) is 20.5. The molecule has 3 atom stereocenters. The number of rotatable bonds is 12. The minimum Gasteiger partial charge on any atom is -0.342 e. The fraction of sp³-hybridized carbons (Fsp3) is 0.400. The van der Waals surface area contributed by atoms with Crippen LogP contribution in [-0.4, -0.2) is 46.8 Å². The monoisotopic (exact) mass is 481 g/mol. The molecule has 1 aromatic heterocycles. The van der Waals surface area contributed by atoms with E-state index in [0.29, 0.717) is 24.0 Å². The standard InChI is InChI=1S/C25H31N5O3S/c1-17(2)15-21(24(32)28-20(16-26)11-14-34-3)29-25(33)22(18-9-12-27-13-10-18)30-23(31)19-7-5-4-6-8-19/h4-10,12-13,17,20-22H,11,14-15H2,1-3H3,(H,28,32)(H,29,33)(H,30,31). The van der Waals surface area contributed by atoms with Crippen LogP contribution in [0.3, 0.4) is 0 Å². The first-order valence-electron chi connectivity index (χ1n) is 11.1. The van der Waals surface area contributed by atoms with E-state index in [4.69, 9.17) is 0 Å². The summed E-state index contributed by atoms with van der Waals surface area (Å²) < 4.78 is 0. The Balaban J connectivity index is 2.22. The number of benzene rings is 1. The third kappa shape index (κ3) is 8.52. The molecule has 180 valence electrons. The molecule has 0 radical (unpaired) electrons. The number of nitrogens with zero attached hydrogens (tertiary/aromatic N) is 2. The van der Waals surface area contributed by atoms with Gasteiger partial charge in [-0.15, -0.1) is 0 Å². The maximum absolute atomic E-state index is 13.3. The fourth-order valence-electron chi connectivity index (χ4n) is 3.30. The summed E-state index contributed by atoms with van der Waals surface area (Å²) in [4.78, 5) is 43.1. The van der Waals surface area contributed by atoms with Crippen molar-refractivity contribution in [2.45, 2.75) is 44.8 Å². The van der Waals surface area contributed by atoms with E-state index in [9.17, 15) is 19.6 Å². The summed E-state index contributed by atoms with van der Waals surface area (Å²) in [6.45, 7) is 3.89. The Morgan fingerprint density at radius 2 is 1.68 bits per heavy atom. The van der Waals surface area contributed by atoms with E-state index in [1.165, 1.54) is 12.4 Å². The molecule has 0 aliphatic heterocycles. The highest BCUT2D eigenvalue weighted by atomic mass is 32.2. The maximum atomic E-state index is 13.3. The maximum Gasteiger partial charge on any atom is 0.252 e. The Hall–Kier alpha value is -3.38. The molecule has 3 N–H and O–H groups in total. The number of nitriles is 1. The van der Waals surface area contributed by atoms with Crippen LogP contribution in [-0.2, 0) is 9.59 Å². The van der Waals surface area contributed by atoms with E-state index in [0.717, 1.165) is 5.75 Å². The third-order valence-electron chi connectivity index (χ3n) is 5.04. The highest BCUT2D eigenvalue weighted by Crippen LogP contribution is 2.15. The van der Waals surface area contributed by atoms with Crippen LogP contribution in [0.4, 0.5) is 0 Å². The Morgan fingerprint density at radius 3 is 2.26 bits per heavy atom. The largest absolute Gasteiger partial charge is 0.342 e. The summed E-state index contributed by atoms with van der Waals surface area (Å²) in [5.74, 6) is -0.508. The summed E-state index contributed by atoms with van der Waals surface area (Å²) in [5, 5.41) is 17.7. The van der Waals surface area contributed by atoms with Gasteiger partial charge < -0.3 is 16.0 Å². The normalized spacial score (nSPS) is 13.3. The number of aromatic nitrogens is 1. The SMILES string of the molecule is CSCCC(C#N)NC(=O)C(CC(C)C)NC(=O)C(NC(=O)c1ccccc1)c1ccncc1. The molecule has 34 heavy (non-hydrogen) atoms. The minimum absolute atomic E-state index is 0.112. The number of hydrogen-bond acceptors (Lipinski definition) is 6. The first-order valence-corrected chi connectivity index (χ1v) is 12.5. The number of nitrogens with one attached hydrogen (secondary N) is 3. The molecular weight excluding hydrogens is 450 g/mol. The molecule has 3 amide bonds. The summed E-state index contributed by atoms with van der Waals surface area (Å²) in [5.41, 5.74) is 0.951. The second kappa shape index (κ2) is 14.0. The van der Waals surface area contributed by atoms with E-state index in [-0.39, 0.29) is 5.92 Å². The average molecular weight is 482 g/mol. The van der Waals surface area contributed by atoms with Crippen molar-refractivity contribution in [2.75, 3.05) is 12.0 Å². The topological polar surface area (TPSA) is 124 Å². The van der Waals surface area contributed by atoms with E-state index in [1.807, 2.05) is 20.1 Å². The zero-order valence-electron chi connectivity index (χ0n) is 19.7. The van der Waals surface area contributed by atoms with Gasteiger partial charge in [-0.3, -0.25) is 19.4 Å². The van der Waals surface area contributed by atoms with Gasteiger partial charge in [0, 0.05) is 18.0 Å². The lowest BCUT2D eigenvalue weighted by molar-refractivity contribution is -0.130. The summed E-state index contributed by atoms with van der Waals surface area (Å²) in [6, 6.07) is 11.4. The molecule has 0 bridgehead atoms. The van der Waals surface area contributed by atoms with Crippen molar-refractivity contribution in [3.05, 3.63) is 66.0 Å². The molecule has 9 heteroatoms. The number of thioether (sulfide) groups is 1. The van der Waals surface area contributed by atoms with Crippen LogP contribution < -0.4 is 16.0 Å². The molecule has 0 aliphatic rings. The first kappa shape index (κ1) is 26.9. The van der Waals surface area contributed by atoms with Gasteiger partial charge in [0.25, 0.3) is 5.91 Å². The van der Waals surface area contributed by atoms with Crippen LogP contribution in [0, 0.1) is 17.2 Å². The highest BCUT2D eigenvalue weighted by Gasteiger charge is 2.29. The van der Waals surface area contributed by atoms with E-state index in [2.05, 4.69) is 27.0 Å². The smallest absolute Gasteiger partial charge is 0.252 e. The van der Waals surface area contributed by atoms with Crippen molar-refractivity contribution in [3.8, 4) is 6.07 Å². The number of carbonyl (C=O) groups excluding carboxylic acids is 3. The molecular formula is C25H31N5O3S. The number of amides is 3. The van der Waals surface area contributed by atoms with Gasteiger partial charge in [-0.1, -0.05) is 32.0 Å². The van der Waals surface area contributed by atoms with E-state index >= 15 is 0 Å². The number of carbonyl (C=O) groups is 3. The van der Waals surface area contributed by atoms with Crippen molar-refractivity contribution >= 4 is 29.5 Å². The summed E-state index contributed by atoms with van der Waals surface area (Å²) in [6.07, 6.45) is 5.89. The predicted molar refractivity (Wildman–Crippen MR) is 133 cm³/mol. The third-order valence-corrected chi connectivity index (χ3v) is 5.68. The van der Waals surface area contributed by atoms with Gasteiger partial charge in [0.05, 0.1) is 6.07 Å². The quantitative estimate of drug-likeness (QED) is 0.428. The first-order chi connectivity index (χ1) is 16.3. The summed E-state index contributed by atoms with van der Waals surface area (Å²) >= 11 is 1.59. The molecule has 8 nitrogen and oxygen atoms in total. The lowest BCUT2D eigenvalue weighted by Crippen LogP contribution is -2.52. The van der Waals surface area contributed by atoms with E-state index in [1.54, 1.807) is 54.2 Å². The molecule has 3 unspecified atom stereocenters. The van der Waals surface area contributed by atoms with Crippen molar-refractivity contribution in [3.63, 3.8) is 0 Å². The van der Waals surface area contributed by atoms with Gasteiger partial charge >= 0.3 is 0 Å². The van der Waals surface area contributed by atoms with Crippen LogP contribution in [0.5, 0.6) is 0 Å². The molecule has 0 fully saturated rings. The molecule has 2 aromatic rings. The molecule has 0 saturated carbocycles. The van der Waals surface area contributed by atoms with Crippen LogP contribution in [0.2, 0.25) is 0 Å². The average Bonchev–Trinajstić information content (AvgIpc) is 2.85. The molecule has 1 heterocycles. The highest BCUT2D eigenvalue weighted by molar-refractivity contribution is 7.98. The van der Waals surface area contributed by atoms with Crippen molar-refractivity contribution < 1.29 is 14.4 Å². The lowest BCUT2D eigenvalue weighted by Gasteiger charge is -2.25. The Labute approximate surface area is 204 Å². The number of hydrogen-bond donors (Lipinski definition) is 3.